The molecule has 0 aromatic rings. The van der Waals surface area contributed by atoms with Crippen LogP contribution in [0.3, 0.4) is 0 Å². The molecular formula is C16H29NO2. The van der Waals surface area contributed by atoms with E-state index >= 15 is 0 Å². The molecule has 3 heteroatoms. The van der Waals surface area contributed by atoms with Gasteiger partial charge < -0.3 is 4.74 Å². The van der Waals surface area contributed by atoms with Gasteiger partial charge in [0.1, 0.15) is 0 Å². The highest BCUT2D eigenvalue weighted by Crippen LogP contribution is 2.43. The van der Waals surface area contributed by atoms with Crippen LogP contribution in [-0.4, -0.2) is 42.5 Å². The minimum absolute atomic E-state index is 0.0412. The van der Waals surface area contributed by atoms with E-state index in [1.807, 2.05) is 14.1 Å². The van der Waals surface area contributed by atoms with Gasteiger partial charge in [-0.1, -0.05) is 19.8 Å². The van der Waals surface area contributed by atoms with E-state index in [0.29, 0.717) is 5.78 Å². The molecule has 1 heterocycles. The number of rotatable bonds is 4. The monoisotopic (exact) mass is 267 g/mol. The number of Topliss-reactive ketones (excluding diaryl/α,β-unsaturated/α-hetero) is 1. The molecule has 1 saturated carbocycles. The van der Waals surface area contributed by atoms with E-state index in [-0.39, 0.29) is 17.1 Å². The third kappa shape index (κ3) is 2.73. The molecule has 0 aromatic carbocycles. The van der Waals surface area contributed by atoms with Crippen LogP contribution in [0, 0.1) is 5.92 Å². The molecule has 2 unspecified atom stereocenters. The normalized spacial score (nSPS) is 29.6. The molecule has 110 valence electrons. The molecule has 19 heavy (non-hydrogen) atoms. The zero-order valence-electron chi connectivity index (χ0n) is 13.0. The number of carbonyl (C=O) groups is 1. The van der Waals surface area contributed by atoms with Gasteiger partial charge in [-0.3, -0.25) is 9.69 Å². The number of ether oxygens (including phenoxy) is 1. The number of ketones is 1. The van der Waals surface area contributed by atoms with Gasteiger partial charge >= 0.3 is 0 Å². The number of hydrogen-bond donors (Lipinski definition) is 0. The zero-order chi connectivity index (χ0) is 14.1. The van der Waals surface area contributed by atoms with Gasteiger partial charge in [-0.15, -0.1) is 0 Å². The lowest BCUT2D eigenvalue weighted by molar-refractivity contribution is -0.145. The van der Waals surface area contributed by atoms with Crippen LogP contribution >= 0.6 is 0 Å². The van der Waals surface area contributed by atoms with Crippen LogP contribution in [0.1, 0.15) is 58.8 Å². The van der Waals surface area contributed by atoms with E-state index in [1.165, 1.54) is 12.8 Å². The van der Waals surface area contributed by atoms with Gasteiger partial charge in [0.15, 0.2) is 5.78 Å². The van der Waals surface area contributed by atoms with Crippen molar-refractivity contribution in [3.63, 3.8) is 0 Å². The first-order valence-corrected chi connectivity index (χ1v) is 7.79. The summed E-state index contributed by atoms with van der Waals surface area (Å²) in [5.74, 6) is 0.619. The Bertz CT molecular complexity index is 334. The van der Waals surface area contributed by atoms with Crippen molar-refractivity contribution < 1.29 is 9.53 Å². The fourth-order valence-corrected chi connectivity index (χ4v) is 3.77. The Hall–Kier alpha value is -0.410. The predicted molar refractivity (Wildman–Crippen MR) is 77.3 cm³/mol. The third-order valence-electron chi connectivity index (χ3n) is 5.58. The lowest BCUT2D eigenvalue weighted by Crippen LogP contribution is -2.53. The molecule has 3 nitrogen and oxygen atoms in total. The SMILES string of the molecule is CCC(C)(C(=O)C1CCOC2(CCCC2)C1)N(C)C. The summed E-state index contributed by atoms with van der Waals surface area (Å²) in [4.78, 5) is 15.0. The molecule has 0 aromatic heterocycles. The highest BCUT2D eigenvalue weighted by Gasteiger charge is 2.46. The summed E-state index contributed by atoms with van der Waals surface area (Å²) in [5.41, 5.74) is -0.276. The molecular weight excluding hydrogens is 238 g/mol. The second-order valence-electron chi connectivity index (χ2n) is 6.81. The van der Waals surface area contributed by atoms with Crippen molar-refractivity contribution in [2.24, 2.45) is 5.92 Å². The van der Waals surface area contributed by atoms with Crippen LogP contribution < -0.4 is 0 Å². The van der Waals surface area contributed by atoms with Crippen LogP contribution in [0.2, 0.25) is 0 Å². The van der Waals surface area contributed by atoms with Crippen LogP contribution in [0.4, 0.5) is 0 Å². The van der Waals surface area contributed by atoms with Crippen LogP contribution in [0.25, 0.3) is 0 Å². The van der Waals surface area contributed by atoms with Gasteiger partial charge in [0.05, 0.1) is 11.1 Å². The van der Waals surface area contributed by atoms with Gasteiger partial charge in [-0.25, -0.2) is 0 Å². The summed E-state index contributed by atoms with van der Waals surface area (Å²) in [5, 5.41) is 0. The third-order valence-corrected chi connectivity index (χ3v) is 5.58. The predicted octanol–water partition coefficient (Wildman–Crippen LogP) is 3.03. The van der Waals surface area contributed by atoms with Gasteiger partial charge in [0.25, 0.3) is 0 Å². The Morgan fingerprint density at radius 2 is 2.00 bits per heavy atom. The summed E-state index contributed by atoms with van der Waals surface area (Å²) in [7, 11) is 4.04. The smallest absolute Gasteiger partial charge is 0.156 e. The van der Waals surface area contributed by atoms with Crippen molar-refractivity contribution in [3.8, 4) is 0 Å². The Balaban J connectivity index is 2.10. The summed E-state index contributed by atoms with van der Waals surface area (Å²) < 4.78 is 6.05. The molecule has 2 aliphatic rings. The Kier molecular flexibility index (Phi) is 4.36. The maximum absolute atomic E-state index is 12.9. The fourth-order valence-electron chi connectivity index (χ4n) is 3.77. The van der Waals surface area contributed by atoms with Crippen molar-refractivity contribution in [2.45, 2.75) is 69.9 Å². The van der Waals surface area contributed by atoms with Crippen molar-refractivity contribution in [1.82, 2.24) is 4.90 Å². The molecule has 2 fully saturated rings. The maximum Gasteiger partial charge on any atom is 0.156 e. The lowest BCUT2D eigenvalue weighted by Gasteiger charge is -2.42. The molecule has 1 aliphatic heterocycles. The average molecular weight is 267 g/mol. The molecule has 0 N–H and O–H groups in total. The zero-order valence-corrected chi connectivity index (χ0v) is 13.0. The highest BCUT2D eigenvalue weighted by molar-refractivity contribution is 5.90. The standard InChI is InChI=1S/C16H29NO2/c1-5-15(2,17(3)4)14(18)13-8-11-19-16(12-13)9-6-7-10-16/h13H,5-12H2,1-4H3. The van der Waals surface area contributed by atoms with Gasteiger partial charge in [-0.05, 0) is 53.1 Å². The van der Waals surface area contributed by atoms with E-state index in [0.717, 1.165) is 38.7 Å². The van der Waals surface area contributed by atoms with Gasteiger partial charge in [0.2, 0.25) is 0 Å². The summed E-state index contributed by atoms with van der Waals surface area (Å²) in [6.07, 6.45) is 7.57. The Labute approximate surface area is 117 Å². The maximum atomic E-state index is 12.9. The van der Waals surface area contributed by atoms with E-state index in [4.69, 9.17) is 4.74 Å². The quantitative estimate of drug-likeness (QED) is 0.784. The average Bonchev–Trinajstić information content (AvgIpc) is 2.84. The summed E-state index contributed by atoms with van der Waals surface area (Å²) >= 11 is 0. The lowest BCUT2D eigenvalue weighted by atomic mass is 9.75. The number of hydrogen-bond acceptors (Lipinski definition) is 3. The van der Waals surface area contributed by atoms with Crippen LogP contribution in [0.5, 0.6) is 0 Å². The molecule has 0 bridgehead atoms. The molecule has 1 spiro atoms. The van der Waals surface area contributed by atoms with Crippen molar-refractivity contribution in [2.75, 3.05) is 20.7 Å². The molecule has 2 rings (SSSR count). The van der Waals surface area contributed by atoms with Crippen molar-refractivity contribution in [3.05, 3.63) is 0 Å². The number of carbonyl (C=O) groups excluding carboxylic acids is 1. The van der Waals surface area contributed by atoms with E-state index in [1.54, 1.807) is 0 Å². The minimum atomic E-state index is -0.318. The molecule has 0 radical (unpaired) electrons. The van der Waals surface area contributed by atoms with Crippen molar-refractivity contribution >= 4 is 5.78 Å². The summed E-state index contributed by atoms with van der Waals surface area (Å²) in [6, 6.07) is 0. The van der Waals surface area contributed by atoms with Crippen LogP contribution in [-0.2, 0) is 9.53 Å². The molecule has 2 atom stereocenters. The second-order valence-corrected chi connectivity index (χ2v) is 6.81. The van der Waals surface area contributed by atoms with E-state index in [2.05, 4.69) is 18.7 Å². The largest absolute Gasteiger partial charge is 0.375 e. The minimum Gasteiger partial charge on any atom is -0.375 e. The Morgan fingerprint density at radius 1 is 1.37 bits per heavy atom. The highest BCUT2D eigenvalue weighted by atomic mass is 16.5. The molecule has 1 saturated heterocycles. The number of likely N-dealkylation sites (N-methyl/N-ethyl adjacent to an activating group) is 1. The van der Waals surface area contributed by atoms with Gasteiger partial charge in [-0.2, -0.15) is 0 Å². The topological polar surface area (TPSA) is 29.5 Å². The molecule has 1 aliphatic carbocycles. The first kappa shape index (κ1) is 15.0. The van der Waals surface area contributed by atoms with E-state index < -0.39 is 0 Å². The van der Waals surface area contributed by atoms with Crippen molar-refractivity contribution in [1.29, 1.82) is 0 Å². The Morgan fingerprint density at radius 3 is 2.53 bits per heavy atom. The van der Waals surface area contributed by atoms with Gasteiger partial charge in [0, 0.05) is 12.5 Å². The summed E-state index contributed by atoms with van der Waals surface area (Å²) in [6.45, 7) is 4.97. The first-order valence-electron chi connectivity index (χ1n) is 7.79. The molecule has 0 amide bonds. The fraction of sp³-hybridized carbons (Fsp3) is 0.938. The first-order chi connectivity index (χ1) is 8.93. The van der Waals surface area contributed by atoms with E-state index in [9.17, 15) is 4.79 Å². The second kappa shape index (κ2) is 5.53. The number of nitrogens with zero attached hydrogens (tertiary/aromatic N) is 1. The van der Waals surface area contributed by atoms with Crippen LogP contribution in [0.15, 0.2) is 0 Å².